The molecule has 0 bridgehead atoms. The van der Waals surface area contributed by atoms with Gasteiger partial charge in [0, 0.05) is 25.0 Å². The SMILES string of the molecule is CNC(=O)c1cc(-c2cnc(Cl)c(NS(=O)(=O)c3ccccc3)c2)ccn1. The van der Waals surface area contributed by atoms with E-state index in [9.17, 15) is 13.2 Å². The summed E-state index contributed by atoms with van der Waals surface area (Å²) in [6, 6.07) is 12.8. The van der Waals surface area contributed by atoms with Crippen molar-refractivity contribution in [1.82, 2.24) is 15.3 Å². The van der Waals surface area contributed by atoms with Gasteiger partial charge in [0.2, 0.25) is 0 Å². The molecule has 2 aromatic heterocycles. The molecule has 0 aliphatic carbocycles. The first kappa shape index (κ1) is 18.8. The van der Waals surface area contributed by atoms with Crippen LogP contribution in [0, 0.1) is 0 Å². The molecular weight excluding hydrogens is 388 g/mol. The quantitative estimate of drug-likeness (QED) is 0.639. The number of carbonyl (C=O) groups excluding carboxylic acids is 1. The molecule has 0 fully saturated rings. The molecule has 0 saturated carbocycles. The van der Waals surface area contributed by atoms with Crippen LogP contribution in [-0.2, 0) is 10.0 Å². The molecule has 0 saturated heterocycles. The van der Waals surface area contributed by atoms with Gasteiger partial charge in [-0.25, -0.2) is 13.4 Å². The number of rotatable bonds is 5. The Morgan fingerprint density at radius 2 is 1.78 bits per heavy atom. The van der Waals surface area contributed by atoms with E-state index in [-0.39, 0.29) is 27.3 Å². The minimum Gasteiger partial charge on any atom is -0.354 e. The molecule has 0 atom stereocenters. The summed E-state index contributed by atoms with van der Waals surface area (Å²) in [7, 11) is -2.30. The Labute approximate surface area is 161 Å². The third kappa shape index (κ3) is 4.24. The Kier molecular flexibility index (Phi) is 5.38. The maximum atomic E-state index is 12.5. The number of sulfonamides is 1. The van der Waals surface area contributed by atoms with Crippen molar-refractivity contribution in [2.75, 3.05) is 11.8 Å². The standard InChI is InChI=1S/C18H15ClN4O3S/c1-20-18(24)16-9-12(7-8-21-16)13-10-15(17(19)22-11-13)23-27(25,26)14-5-3-2-4-6-14/h2-11,23H,1H3,(H,20,24). The van der Waals surface area contributed by atoms with Gasteiger partial charge < -0.3 is 5.32 Å². The fraction of sp³-hybridized carbons (Fsp3) is 0.0556. The normalized spacial score (nSPS) is 11.0. The minimum atomic E-state index is -3.81. The van der Waals surface area contributed by atoms with Crippen molar-refractivity contribution in [1.29, 1.82) is 0 Å². The lowest BCUT2D eigenvalue weighted by Gasteiger charge is -2.11. The molecule has 138 valence electrons. The van der Waals surface area contributed by atoms with Gasteiger partial charge in [-0.2, -0.15) is 0 Å². The van der Waals surface area contributed by atoms with E-state index in [0.29, 0.717) is 11.1 Å². The van der Waals surface area contributed by atoms with Gasteiger partial charge in [-0.1, -0.05) is 29.8 Å². The Balaban J connectivity index is 1.97. The number of hydrogen-bond acceptors (Lipinski definition) is 5. The second-order valence-corrected chi connectivity index (χ2v) is 7.53. The van der Waals surface area contributed by atoms with Gasteiger partial charge >= 0.3 is 0 Å². The predicted octanol–water partition coefficient (Wildman–Crippen LogP) is 2.96. The van der Waals surface area contributed by atoms with E-state index < -0.39 is 10.0 Å². The maximum Gasteiger partial charge on any atom is 0.269 e. The van der Waals surface area contributed by atoms with Crippen LogP contribution < -0.4 is 10.0 Å². The Morgan fingerprint density at radius 1 is 1.04 bits per heavy atom. The lowest BCUT2D eigenvalue weighted by molar-refractivity contribution is 0.0958. The lowest BCUT2D eigenvalue weighted by atomic mass is 10.1. The summed E-state index contributed by atoms with van der Waals surface area (Å²) in [4.78, 5) is 19.9. The largest absolute Gasteiger partial charge is 0.354 e. The van der Waals surface area contributed by atoms with Crippen molar-refractivity contribution in [3.05, 3.63) is 71.8 Å². The van der Waals surface area contributed by atoms with Crippen LogP contribution in [0.4, 0.5) is 5.69 Å². The molecule has 1 amide bonds. The first-order chi connectivity index (χ1) is 12.9. The number of amides is 1. The zero-order valence-corrected chi connectivity index (χ0v) is 15.8. The van der Waals surface area contributed by atoms with E-state index in [2.05, 4.69) is 20.0 Å². The number of benzene rings is 1. The molecule has 3 aromatic rings. The van der Waals surface area contributed by atoms with Crippen molar-refractivity contribution < 1.29 is 13.2 Å². The highest BCUT2D eigenvalue weighted by molar-refractivity contribution is 7.92. The predicted molar refractivity (Wildman–Crippen MR) is 103 cm³/mol. The second kappa shape index (κ2) is 7.73. The Bertz CT molecular complexity index is 1090. The number of anilines is 1. The third-order valence-corrected chi connectivity index (χ3v) is 5.37. The Morgan fingerprint density at radius 3 is 2.48 bits per heavy atom. The molecular formula is C18H15ClN4O3S. The van der Waals surface area contributed by atoms with E-state index >= 15 is 0 Å². The second-order valence-electron chi connectivity index (χ2n) is 5.49. The zero-order chi connectivity index (χ0) is 19.4. The van der Waals surface area contributed by atoms with Crippen LogP contribution in [0.1, 0.15) is 10.5 Å². The molecule has 3 rings (SSSR count). The summed E-state index contributed by atoms with van der Waals surface area (Å²) in [5.41, 5.74) is 1.60. The smallest absolute Gasteiger partial charge is 0.269 e. The summed E-state index contributed by atoms with van der Waals surface area (Å²) in [5, 5.41) is 2.51. The van der Waals surface area contributed by atoms with Crippen LogP contribution in [0.2, 0.25) is 5.15 Å². The van der Waals surface area contributed by atoms with Crippen molar-refractivity contribution in [3.8, 4) is 11.1 Å². The number of nitrogens with zero attached hydrogens (tertiary/aromatic N) is 2. The molecule has 0 aliphatic heterocycles. The number of hydrogen-bond donors (Lipinski definition) is 2. The Hall–Kier alpha value is -2.97. The number of carbonyl (C=O) groups is 1. The third-order valence-electron chi connectivity index (χ3n) is 3.69. The molecule has 0 radical (unpaired) electrons. The van der Waals surface area contributed by atoms with Crippen molar-refractivity contribution >= 4 is 33.2 Å². The summed E-state index contributed by atoms with van der Waals surface area (Å²) in [5.74, 6) is -0.330. The van der Waals surface area contributed by atoms with Gasteiger partial charge in [0.1, 0.15) is 5.69 Å². The maximum absolute atomic E-state index is 12.5. The van der Waals surface area contributed by atoms with E-state index in [4.69, 9.17) is 11.6 Å². The topological polar surface area (TPSA) is 101 Å². The minimum absolute atomic E-state index is 0.0128. The summed E-state index contributed by atoms with van der Waals surface area (Å²) < 4.78 is 27.5. The van der Waals surface area contributed by atoms with Gasteiger partial charge in [-0.15, -0.1) is 0 Å². The molecule has 0 spiro atoms. The van der Waals surface area contributed by atoms with Crippen molar-refractivity contribution in [3.63, 3.8) is 0 Å². The number of halogens is 1. The van der Waals surface area contributed by atoms with Crippen molar-refractivity contribution in [2.24, 2.45) is 0 Å². The summed E-state index contributed by atoms with van der Waals surface area (Å²) >= 11 is 6.07. The van der Waals surface area contributed by atoms with Crippen LogP contribution in [0.3, 0.4) is 0 Å². The van der Waals surface area contributed by atoms with Crippen LogP contribution >= 0.6 is 11.6 Å². The van der Waals surface area contributed by atoms with E-state index in [1.165, 1.54) is 31.6 Å². The fourth-order valence-electron chi connectivity index (χ4n) is 2.34. The first-order valence-electron chi connectivity index (χ1n) is 7.82. The molecule has 2 N–H and O–H groups in total. The first-order valence-corrected chi connectivity index (χ1v) is 9.69. The van der Waals surface area contributed by atoms with E-state index in [1.54, 1.807) is 36.4 Å². The zero-order valence-electron chi connectivity index (χ0n) is 14.2. The highest BCUT2D eigenvalue weighted by Crippen LogP contribution is 2.28. The van der Waals surface area contributed by atoms with Crippen LogP contribution in [0.5, 0.6) is 0 Å². The highest BCUT2D eigenvalue weighted by Gasteiger charge is 2.17. The van der Waals surface area contributed by atoms with Crippen LogP contribution in [-0.4, -0.2) is 31.3 Å². The van der Waals surface area contributed by atoms with E-state index in [1.807, 2.05) is 0 Å². The van der Waals surface area contributed by atoms with E-state index in [0.717, 1.165) is 0 Å². The van der Waals surface area contributed by atoms with Crippen LogP contribution in [0.15, 0.2) is 65.8 Å². The van der Waals surface area contributed by atoms with Gasteiger partial charge in [-0.05, 0) is 35.9 Å². The fourth-order valence-corrected chi connectivity index (χ4v) is 3.63. The summed E-state index contributed by atoms with van der Waals surface area (Å²) in [6.07, 6.45) is 2.98. The molecule has 2 heterocycles. The molecule has 9 heteroatoms. The molecule has 0 unspecified atom stereocenters. The van der Waals surface area contributed by atoms with Gasteiger partial charge in [0.15, 0.2) is 5.15 Å². The van der Waals surface area contributed by atoms with Crippen LogP contribution in [0.25, 0.3) is 11.1 Å². The number of nitrogens with one attached hydrogen (secondary N) is 2. The molecule has 1 aromatic carbocycles. The molecule has 27 heavy (non-hydrogen) atoms. The van der Waals surface area contributed by atoms with Gasteiger partial charge in [0.05, 0.1) is 10.6 Å². The lowest BCUT2D eigenvalue weighted by Crippen LogP contribution is -2.19. The monoisotopic (exact) mass is 402 g/mol. The average Bonchev–Trinajstić information content (AvgIpc) is 2.69. The number of pyridine rings is 2. The molecule has 7 nitrogen and oxygen atoms in total. The van der Waals surface area contributed by atoms with Crippen molar-refractivity contribution in [2.45, 2.75) is 4.90 Å². The highest BCUT2D eigenvalue weighted by atomic mass is 35.5. The molecule has 0 aliphatic rings. The summed E-state index contributed by atoms with van der Waals surface area (Å²) in [6.45, 7) is 0. The average molecular weight is 403 g/mol. The van der Waals surface area contributed by atoms with Gasteiger partial charge in [0.25, 0.3) is 15.9 Å². The number of aromatic nitrogens is 2. The van der Waals surface area contributed by atoms with Gasteiger partial charge in [-0.3, -0.25) is 14.5 Å².